The molecule has 0 fully saturated rings. The molecule has 9 aromatic rings. The van der Waals surface area contributed by atoms with Crippen molar-refractivity contribution >= 4 is 49.6 Å². The van der Waals surface area contributed by atoms with E-state index in [2.05, 4.69) is 192 Å². The van der Waals surface area contributed by atoms with Crippen LogP contribution in [0.4, 0.5) is 17.1 Å². The van der Waals surface area contributed by atoms with Crippen molar-refractivity contribution in [2.45, 2.75) is 6.92 Å². The first-order valence-electron chi connectivity index (χ1n) is 16.2. The Kier molecular flexibility index (Phi) is 6.39. The highest BCUT2D eigenvalue weighted by Crippen LogP contribution is 2.40. The molecule has 0 N–H and O–H groups in total. The molecule has 0 aliphatic rings. The molecule has 2 nitrogen and oxygen atoms in total. The molecule has 0 spiro atoms. The largest absolute Gasteiger partial charge is 0.310 e. The van der Waals surface area contributed by atoms with E-state index in [1.165, 1.54) is 66.1 Å². The summed E-state index contributed by atoms with van der Waals surface area (Å²) < 4.78 is 2.41. The normalized spacial score (nSPS) is 11.5. The van der Waals surface area contributed by atoms with E-state index in [-0.39, 0.29) is 0 Å². The van der Waals surface area contributed by atoms with Crippen LogP contribution in [0.2, 0.25) is 0 Å². The molecule has 0 bridgehead atoms. The van der Waals surface area contributed by atoms with Gasteiger partial charge in [0.2, 0.25) is 0 Å². The summed E-state index contributed by atoms with van der Waals surface area (Å²) >= 11 is 0. The van der Waals surface area contributed by atoms with Crippen LogP contribution < -0.4 is 4.90 Å². The maximum Gasteiger partial charge on any atom is 0.0547 e. The Morgan fingerprint density at radius 1 is 0.383 bits per heavy atom. The third-order valence-corrected chi connectivity index (χ3v) is 9.41. The lowest BCUT2D eigenvalue weighted by Gasteiger charge is -2.26. The average Bonchev–Trinajstić information content (AvgIpc) is 3.48. The average molecular weight is 601 g/mol. The van der Waals surface area contributed by atoms with Crippen molar-refractivity contribution in [2.75, 3.05) is 4.90 Å². The number of hydrogen-bond donors (Lipinski definition) is 0. The van der Waals surface area contributed by atoms with Gasteiger partial charge in [-0.25, -0.2) is 0 Å². The molecule has 0 aliphatic carbocycles. The van der Waals surface area contributed by atoms with Gasteiger partial charge in [0.05, 0.1) is 11.0 Å². The van der Waals surface area contributed by atoms with Gasteiger partial charge < -0.3 is 9.47 Å². The first kappa shape index (κ1) is 27.2. The Hall–Kier alpha value is -6.12. The predicted octanol–water partition coefficient (Wildman–Crippen LogP) is 12.5. The molecule has 222 valence electrons. The summed E-state index contributed by atoms with van der Waals surface area (Å²) in [5, 5.41) is 5.24. The van der Waals surface area contributed by atoms with Crippen molar-refractivity contribution in [1.29, 1.82) is 0 Å². The standard InChI is InChI=1S/C45H32N2/c1-31-16-24-38(25-17-31)46(39-26-20-33(21-27-39)32-8-3-2-4-9-32)41-13-5-12-37(30-41)34-22-28-40(29-23-34)47-42-14-6-10-35-18-19-36-11-7-15-43(47)45(36)44(35)42/h2-30H,1H3. The molecule has 0 unspecified atom stereocenters. The van der Waals surface area contributed by atoms with Crippen LogP contribution in [0, 0.1) is 6.92 Å². The zero-order valence-corrected chi connectivity index (χ0v) is 26.1. The van der Waals surface area contributed by atoms with E-state index >= 15 is 0 Å². The highest BCUT2D eigenvalue weighted by Gasteiger charge is 2.17. The smallest absolute Gasteiger partial charge is 0.0547 e. The molecule has 1 heterocycles. The third-order valence-electron chi connectivity index (χ3n) is 9.41. The Morgan fingerprint density at radius 2 is 0.894 bits per heavy atom. The van der Waals surface area contributed by atoms with E-state index in [0.29, 0.717) is 0 Å². The topological polar surface area (TPSA) is 8.17 Å². The minimum atomic E-state index is 1.12. The van der Waals surface area contributed by atoms with Gasteiger partial charge >= 0.3 is 0 Å². The van der Waals surface area contributed by atoms with Crippen molar-refractivity contribution in [2.24, 2.45) is 0 Å². The monoisotopic (exact) mass is 600 g/mol. The number of aryl methyl sites for hydroxylation is 1. The van der Waals surface area contributed by atoms with E-state index in [9.17, 15) is 0 Å². The molecule has 0 aliphatic heterocycles. The minimum absolute atomic E-state index is 1.12. The van der Waals surface area contributed by atoms with Crippen molar-refractivity contribution in [3.8, 4) is 27.9 Å². The fourth-order valence-electron chi connectivity index (χ4n) is 7.10. The molecule has 47 heavy (non-hydrogen) atoms. The van der Waals surface area contributed by atoms with Gasteiger partial charge in [-0.1, -0.05) is 121 Å². The molecule has 0 radical (unpaired) electrons. The number of anilines is 3. The predicted molar refractivity (Wildman–Crippen MR) is 200 cm³/mol. The van der Waals surface area contributed by atoms with Gasteiger partial charge in [0.25, 0.3) is 0 Å². The summed E-state index contributed by atoms with van der Waals surface area (Å²) in [5.41, 5.74) is 13.1. The van der Waals surface area contributed by atoms with Gasteiger partial charge in [-0.05, 0) is 101 Å². The van der Waals surface area contributed by atoms with Crippen LogP contribution >= 0.6 is 0 Å². The van der Waals surface area contributed by atoms with E-state index in [0.717, 1.165) is 17.1 Å². The SMILES string of the molecule is Cc1ccc(N(c2ccc(-c3ccccc3)cc2)c2cccc(-c3ccc(-n4c5cccc6ccc7cccc4c7c65)cc3)c2)cc1. The molecule has 1 aromatic heterocycles. The van der Waals surface area contributed by atoms with Gasteiger partial charge in [0, 0.05) is 33.5 Å². The number of benzene rings is 8. The second-order valence-electron chi connectivity index (χ2n) is 12.3. The Labute approximate surface area is 274 Å². The van der Waals surface area contributed by atoms with Crippen molar-refractivity contribution in [3.05, 3.63) is 181 Å². The summed E-state index contributed by atoms with van der Waals surface area (Å²) in [6.07, 6.45) is 0. The van der Waals surface area contributed by atoms with Gasteiger partial charge in [-0.3, -0.25) is 0 Å². The second-order valence-corrected chi connectivity index (χ2v) is 12.3. The summed E-state index contributed by atoms with van der Waals surface area (Å²) in [7, 11) is 0. The van der Waals surface area contributed by atoms with Crippen LogP contribution in [-0.2, 0) is 0 Å². The fourth-order valence-corrected chi connectivity index (χ4v) is 7.10. The summed E-state index contributed by atoms with van der Waals surface area (Å²) in [5.74, 6) is 0. The minimum Gasteiger partial charge on any atom is -0.310 e. The summed E-state index contributed by atoms with van der Waals surface area (Å²) in [6, 6.07) is 63.8. The van der Waals surface area contributed by atoms with Crippen LogP contribution in [0.25, 0.3) is 60.5 Å². The van der Waals surface area contributed by atoms with Gasteiger partial charge in [0.1, 0.15) is 0 Å². The van der Waals surface area contributed by atoms with Gasteiger partial charge in [-0.15, -0.1) is 0 Å². The van der Waals surface area contributed by atoms with Crippen molar-refractivity contribution in [3.63, 3.8) is 0 Å². The second kappa shape index (κ2) is 11.0. The molecular formula is C45H32N2. The Morgan fingerprint density at radius 3 is 1.53 bits per heavy atom. The Bertz CT molecular complexity index is 2420. The zero-order valence-electron chi connectivity index (χ0n) is 26.1. The zero-order chi connectivity index (χ0) is 31.3. The van der Waals surface area contributed by atoms with Crippen molar-refractivity contribution in [1.82, 2.24) is 4.57 Å². The van der Waals surface area contributed by atoms with Gasteiger partial charge in [-0.2, -0.15) is 0 Å². The number of rotatable bonds is 6. The van der Waals surface area contributed by atoms with Crippen LogP contribution in [0.5, 0.6) is 0 Å². The quantitative estimate of drug-likeness (QED) is 0.172. The number of aromatic nitrogens is 1. The van der Waals surface area contributed by atoms with Gasteiger partial charge in [0.15, 0.2) is 0 Å². The molecule has 8 aromatic carbocycles. The molecule has 0 amide bonds. The third kappa shape index (κ3) is 4.65. The molecule has 0 saturated carbocycles. The lowest BCUT2D eigenvalue weighted by molar-refractivity contribution is 1.18. The van der Waals surface area contributed by atoms with Crippen LogP contribution in [0.15, 0.2) is 176 Å². The molecule has 9 rings (SSSR count). The molecular weight excluding hydrogens is 569 g/mol. The van der Waals surface area contributed by atoms with Crippen molar-refractivity contribution < 1.29 is 0 Å². The molecule has 2 heteroatoms. The van der Waals surface area contributed by atoms with E-state index in [1.807, 2.05) is 0 Å². The molecule has 0 saturated heterocycles. The fraction of sp³-hybridized carbons (Fsp3) is 0.0222. The van der Waals surface area contributed by atoms with Crippen LogP contribution in [-0.4, -0.2) is 4.57 Å². The van der Waals surface area contributed by atoms with Crippen LogP contribution in [0.3, 0.4) is 0 Å². The highest BCUT2D eigenvalue weighted by atomic mass is 15.1. The maximum absolute atomic E-state index is 2.41. The lowest BCUT2D eigenvalue weighted by atomic mass is 10.0. The first-order chi connectivity index (χ1) is 23.2. The van der Waals surface area contributed by atoms with E-state index in [4.69, 9.17) is 0 Å². The van der Waals surface area contributed by atoms with E-state index < -0.39 is 0 Å². The molecule has 0 atom stereocenters. The lowest BCUT2D eigenvalue weighted by Crippen LogP contribution is -2.10. The Balaban J connectivity index is 1.11. The first-order valence-corrected chi connectivity index (χ1v) is 16.2. The highest BCUT2D eigenvalue weighted by molar-refractivity contribution is 6.24. The van der Waals surface area contributed by atoms with E-state index in [1.54, 1.807) is 0 Å². The number of hydrogen-bond acceptors (Lipinski definition) is 1. The number of nitrogens with zero attached hydrogens (tertiary/aromatic N) is 2. The maximum atomic E-state index is 2.41. The summed E-state index contributed by atoms with van der Waals surface area (Å²) in [6.45, 7) is 2.13. The summed E-state index contributed by atoms with van der Waals surface area (Å²) in [4.78, 5) is 2.34. The van der Waals surface area contributed by atoms with Crippen LogP contribution in [0.1, 0.15) is 5.56 Å².